The van der Waals surface area contributed by atoms with Gasteiger partial charge in [0.25, 0.3) is 0 Å². The van der Waals surface area contributed by atoms with Crippen LogP contribution in [0.3, 0.4) is 0 Å². The Morgan fingerprint density at radius 2 is 1.73 bits per heavy atom. The molecule has 0 aromatic rings. The number of nitrogens with one attached hydrogen (secondary N) is 1. The molecule has 0 amide bonds. The summed E-state index contributed by atoms with van der Waals surface area (Å²) in [4.78, 5) is 11.9. The van der Waals surface area contributed by atoms with E-state index in [1.807, 2.05) is 0 Å². The molecule has 22 heavy (non-hydrogen) atoms. The number of hydrogen-bond acceptors (Lipinski definition) is 4. The van der Waals surface area contributed by atoms with Crippen LogP contribution < -0.4 is 25.0 Å². The number of alkyl halides is 8. The molecule has 3 unspecified atom stereocenters. The van der Waals surface area contributed by atoms with Crippen molar-refractivity contribution in [1.82, 2.24) is 3.53 Å². The third-order valence-corrected chi connectivity index (χ3v) is 7.79. The average Bonchev–Trinajstić information content (AvgIpc) is 3.15. The van der Waals surface area contributed by atoms with Gasteiger partial charge in [-0.1, -0.05) is 0 Å². The van der Waals surface area contributed by atoms with Crippen LogP contribution in [0.25, 0.3) is 0 Å². The topological polar surface area (TPSA) is 68.5 Å². The molecule has 0 bridgehead atoms. The number of aliphatic hydroxyl groups is 1. The zero-order chi connectivity index (χ0) is 17.6. The Hall–Kier alpha value is 0.430. The fourth-order valence-corrected chi connectivity index (χ4v) is 4.88. The van der Waals surface area contributed by atoms with Gasteiger partial charge in [0.2, 0.25) is 0 Å². The van der Waals surface area contributed by atoms with Crippen LogP contribution in [0, 0.1) is 0 Å². The molecule has 1 rings (SSSR count). The van der Waals surface area contributed by atoms with Crippen LogP contribution in [0.2, 0.25) is 0 Å². The third kappa shape index (κ3) is 3.74. The van der Waals surface area contributed by atoms with E-state index < -0.39 is 61.3 Å². The van der Waals surface area contributed by atoms with Crippen molar-refractivity contribution >= 4 is 28.6 Å². The molecule has 2 N–H and O–H groups in total. The van der Waals surface area contributed by atoms with Crippen molar-refractivity contribution in [3.05, 3.63) is 0 Å². The maximum absolute atomic E-state index is 12.8. The van der Waals surface area contributed by atoms with Crippen LogP contribution in [-0.4, -0.2) is 42.6 Å². The summed E-state index contributed by atoms with van der Waals surface area (Å²) < 4.78 is 82.4. The molecule has 0 spiro atoms. The number of hydrogen-bond donors (Lipinski definition) is 2. The van der Waals surface area contributed by atoms with Crippen LogP contribution in [-0.2, 0) is 9.53 Å². The van der Waals surface area contributed by atoms with Crippen LogP contribution in [0.15, 0.2) is 0 Å². The molecule has 1 saturated heterocycles. The summed E-state index contributed by atoms with van der Waals surface area (Å²) in [7, 11) is 0. The van der Waals surface area contributed by atoms with Crippen molar-refractivity contribution in [1.29, 1.82) is 0 Å². The SMILES string of the molecule is CCC(OC(=O)C(C)(I)C1N[I-]1)C(O)(C(F)(F)F)C(F)(F)F. The third-order valence-electron chi connectivity index (χ3n) is 3.04. The molecule has 1 heterocycles. The number of carbonyl (C=O) groups excluding carboxylic acids is 1. The van der Waals surface area contributed by atoms with E-state index in [1.165, 1.54) is 6.92 Å². The number of ether oxygens (including phenoxy) is 1. The second-order valence-electron chi connectivity index (χ2n) is 4.72. The van der Waals surface area contributed by atoms with Crippen molar-refractivity contribution in [3.8, 4) is 0 Å². The van der Waals surface area contributed by atoms with Gasteiger partial charge in [-0.15, -0.1) is 0 Å². The summed E-state index contributed by atoms with van der Waals surface area (Å²) in [5, 5.41) is 9.27. The molecule has 3 atom stereocenters. The van der Waals surface area contributed by atoms with Gasteiger partial charge in [0, 0.05) is 0 Å². The Labute approximate surface area is 146 Å². The molecule has 12 heteroatoms. The fourth-order valence-electron chi connectivity index (χ4n) is 1.57. The van der Waals surface area contributed by atoms with E-state index in [0.29, 0.717) is 0 Å². The van der Waals surface area contributed by atoms with Crippen LogP contribution in [0.5, 0.6) is 0 Å². The van der Waals surface area contributed by atoms with Gasteiger partial charge in [-0.2, -0.15) is 0 Å². The molecule has 0 aromatic heterocycles. The molecular weight excluding hydrogens is 550 g/mol. The fraction of sp³-hybridized carbons (Fsp3) is 0.900. The summed E-state index contributed by atoms with van der Waals surface area (Å²) in [6, 6.07) is 0. The van der Waals surface area contributed by atoms with Gasteiger partial charge in [0.15, 0.2) is 0 Å². The Kier molecular flexibility index (Phi) is 5.94. The second kappa shape index (κ2) is 6.38. The van der Waals surface area contributed by atoms with Crippen LogP contribution >= 0.6 is 22.6 Å². The Morgan fingerprint density at radius 3 is 2.00 bits per heavy atom. The predicted octanol–water partition coefficient (Wildman–Crippen LogP) is -0.709. The molecule has 1 aliphatic heterocycles. The normalized spacial score (nSPS) is 24.0. The van der Waals surface area contributed by atoms with Gasteiger partial charge in [-0.05, 0) is 0 Å². The zero-order valence-corrected chi connectivity index (χ0v) is 15.5. The quantitative estimate of drug-likeness (QED) is 0.0886. The van der Waals surface area contributed by atoms with Crippen LogP contribution in [0.1, 0.15) is 20.3 Å². The molecule has 4 nitrogen and oxygen atoms in total. The molecule has 0 radical (unpaired) electrons. The molecular formula is C10H12F6I2NO3-. The van der Waals surface area contributed by atoms with Gasteiger partial charge >= 0.3 is 146 Å². The first kappa shape index (κ1) is 20.5. The van der Waals surface area contributed by atoms with Gasteiger partial charge < -0.3 is 0 Å². The van der Waals surface area contributed by atoms with E-state index in [4.69, 9.17) is 0 Å². The number of carbonyl (C=O) groups is 1. The Balaban J connectivity index is 3.09. The Morgan fingerprint density at radius 1 is 1.32 bits per heavy atom. The predicted molar refractivity (Wildman–Crippen MR) is 66.6 cm³/mol. The summed E-state index contributed by atoms with van der Waals surface area (Å²) in [6.07, 6.45) is -15.7. The molecule has 1 aliphatic rings. The van der Waals surface area contributed by atoms with Gasteiger partial charge in [-0.25, -0.2) is 0 Å². The zero-order valence-electron chi connectivity index (χ0n) is 11.1. The monoisotopic (exact) mass is 562 g/mol. The minimum absolute atomic E-state index is 0.290. The van der Waals surface area contributed by atoms with Crippen molar-refractivity contribution in [2.45, 2.75) is 51.8 Å². The standard InChI is InChI=1S/C10H12F6I2NO3/c1-3-4(8(21,9(11,12)13)10(14,15)16)22-6(20)7(2,17)5-18-19-5/h4-5,19,21H,3H2,1-2H3/q-1. The number of rotatable bonds is 5. The minimum atomic E-state index is -6.03. The van der Waals surface area contributed by atoms with E-state index in [0.717, 1.165) is 6.92 Å². The van der Waals surface area contributed by atoms with Gasteiger partial charge in [-0.3, -0.25) is 0 Å². The molecule has 0 saturated carbocycles. The first-order chi connectivity index (χ1) is 9.69. The van der Waals surface area contributed by atoms with Crippen molar-refractivity contribution < 1.29 is 62.5 Å². The van der Waals surface area contributed by atoms with Gasteiger partial charge in [0.05, 0.1) is 0 Å². The molecule has 1 fully saturated rings. The first-order valence-corrected chi connectivity index (χ1v) is 9.23. The average molecular weight is 562 g/mol. The first-order valence-electron chi connectivity index (χ1n) is 5.83. The van der Waals surface area contributed by atoms with E-state index in [9.17, 15) is 36.2 Å². The number of esters is 1. The number of halogens is 8. The van der Waals surface area contributed by atoms with Crippen molar-refractivity contribution in [2.24, 2.45) is 0 Å². The van der Waals surface area contributed by atoms with Gasteiger partial charge in [0.1, 0.15) is 0 Å². The van der Waals surface area contributed by atoms with Crippen LogP contribution in [0.4, 0.5) is 26.3 Å². The van der Waals surface area contributed by atoms with E-state index in [2.05, 4.69) is 8.27 Å². The molecule has 0 aliphatic carbocycles. The van der Waals surface area contributed by atoms with Crippen molar-refractivity contribution in [2.75, 3.05) is 0 Å². The maximum atomic E-state index is 12.8. The molecule has 132 valence electrons. The summed E-state index contributed by atoms with van der Waals surface area (Å²) in [5.41, 5.74) is -5.11. The van der Waals surface area contributed by atoms with E-state index in [-0.39, 0.29) is 4.05 Å². The summed E-state index contributed by atoms with van der Waals surface area (Å²) in [5.74, 6) is -1.22. The van der Waals surface area contributed by atoms with Crippen molar-refractivity contribution in [3.63, 3.8) is 0 Å². The molecule has 0 aromatic carbocycles. The van der Waals surface area contributed by atoms with E-state index in [1.54, 1.807) is 22.6 Å². The van der Waals surface area contributed by atoms with E-state index >= 15 is 0 Å². The summed E-state index contributed by atoms with van der Waals surface area (Å²) >= 11 is 1.10. The second-order valence-corrected chi connectivity index (χ2v) is 9.45. The Bertz CT molecular complexity index is 421. The summed E-state index contributed by atoms with van der Waals surface area (Å²) in [6.45, 7) is 2.32.